The Bertz CT molecular complexity index is 445. The second-order valence-corrected chi connectivity index (χ2v) is 5.15. The van der Waals surface area contributed by atoms with Crippen LogP contribution in [-0.2, 0) is 11.0 Å². The molecule has 1 atom stereocenters. The van der Waals surface area contributed by atoms with Gasteiger partial charge in [0, 0.05) is 9.49 Å². The molecule has 0 fully saturated rings. The fourth-order valence-corrected chi connectivity index (χ4v) is 1.71. The summed E-state index contributed by atoms with van der Waals surface area (Å²) in [6.07, 6.45) is -3.76. The first kappa shape index (κ1) is 15.3. The van der Waals surface area contributed by atoms with Gasteiger partial charge in [-0.3, -0.25) is 4.79 Å². The summed E-state index contributed by atoms with van der Waals surface area (Å²) in [4.78, 5) is 11.7. The van der Waals surface area contributed by atoms with Crippen molar-refractivity contribution in [3.8, 4) is 0 Å². The van der Waals surface area contributed by atoms with Gasteiger partial charge >= 0.3 is 6.18 Å². The smallest absolute Gasteiger partial charge is 0.325 e. The van der Waals surface area contributed by atoms with Crippen molar-refractivity contribution in [1.82, 2.24) is 0 Å². The number of anilines is 1. The van der Waals surface area contributed by atoms with Gasteiger partial charge < -0.3 is 5.32 Å². The van der Waals surface area contributed by atoms with Crippen LogP contribution in [0.4, 0.5) is 18.9 Å². The maximum absolute atomic E-state index is 12.5. The monoisotopic (exact) mass is 371 g/mol. The van der Waals surface area contributed by atoms with Gasteiger partial charge in [0.1, 0.15) is 0 Å². The molecule has 1 aromatic rings. The average Bonchev–Trinajstić information content (AvgIpc) is 2.29. The number of halogens is 4. The number of carbonyl (C=O) groups is 1. The lowest BCUT2D eigenvalue weighted by Gasteiger charge is -2.14. The SMILES string of the molecule is CCC(C)C(=O)Nc1cc(C(F)(F)F)ccc1I. The van der Waals surface area contributed by atoms with E-state index in [2.05, 4.69) is 5.32 Å². The highest BCUT2D eigenvalue weighted by Crippen LogP contribution is 2.32. The number of rotatable bonds is 3. The molecule has 1 rings (SSSR count). The van der Waals surface area contributed by atoms with Crippen molar-refractivity contribution in [2.75, 3.05) is 5.32 Å². The van der Waals surface area contributed by atoms with Crippen LogP contribution in [0.25, 0.3) is 0 Å². The summed E-state index contributed by atoms with van der Waals surface area (Å²) < 4.78 is 38.2. The number of alkyl halides is 3. The third-order valence-corrected chi connectivity index (χ3v) is 3.55. The minimum Gasteiger partial charge on any atom is -0.325 e. The van der Waals surface area contributed by atoms with Crippen LogP contribution in [0.15, 0.2) is 18.2 Å². The lowest BCUT2D eigenvalue weighted by Crippen LogP contribution is -2.20. The molecule has 1 amide bonds. The molecular formula is C12H13F3INO. The maximum atomic E-state index is 12.5. The van der Waals surface area contributed by atoms with E-state index in [0.29, 0.717) is 9.99 Å². The molecule has 0 radical (unpaired) electrons. The van der Waals surface area contributed by atoms with Gasteiger partial charge in [-0.2, -0.15) is 13.2 Å². The number of hydrogen-bond acceptors (Lipinski definition) is 1. The zero-order valence-corrected chi connectivity index (χ0v) is 12.1. The Morgan fingerprint density at radius 2 is 2.06 bits per heavy atom. The van der Waals surface area contributed by atoms with Crippen molar-refractivity contribution >= 4 is 34.2 Å². The van der Waals surface area contributed by atoms with Crippen LogP contribution in [0.5, 0.6) is 0 Å². The molecule has 1 aromatic carbocycles. The summed E-state index contributed by atoms with van der Waals surface area (Å²) in [5, 5.41) is 2.53. The number of hydrogen-bond donors (Lipinski definition) is 1. The van der Waals surface area contributed by atoms with E-state index in [4.69, 9.17) is 0 Å². The zero-order valence-electron chi connectivity index (χ0n) is 9.94. The molecule has 0 aliphatic rings. The molecule has 0 spiro atoms. The van der Waals surface area contributed by atoms with Crippen LogP contribution in [0.2, 0.25) is 0 Å². The fourth-order valence-electron chi connectivity index (χ4n) is 1.24. The molecule has 1 unspecified atom stereocenters. The van der Waals surface area contributed by atoms with E-state index in [1.54, 1.807) is 6.92 Å². The number of amides is 1. The molecule has 0 aliphatic carbocycles. The summed E-state index contributed by atoms with van der Waals surface area (Å²) in [7, 11) is 0. The molecule has 1 N–H and O–H groups in total. The molecule has 18 heavy (non-hydrogen) atoms. The van der Waals surface area contributed by atoms with E-state index in [9.17, 15) is 18.0 Å². The van der Waals surface area contributed by atoms with Gasteiger partial charge in [0.2, 0.25) is 5.91 Å². The van der Waals surface area contributed by atoms with Crippen molar-refractivity contribution in [2.45, 2.75) is 26.4 Å². The first-order valence-corrected chi connectivity index (χ1v) is 6.51. The van der Waals surface area contributed by atoms with Crippen LogP contribution < -0.4 is 5.32 Å². The largest absolute Gasteiger partial charge is 0.416 e. The van der Waals surface area contributed by atoms with Crippen molar-refractivity contribution in [3.05, 3.63) is 27.3 Å². The Labute approximate surface area is 117 Å². The van der Waals surface area contributed by atoms with Crippen LogP contribution in [-0.4, -0.2) is 5.91 Å². The van der Waals surface area contributed by atoms with Gasteiger partial charge in [-0.1, -0.05) is 13.8 Å². The Balaban J connectivity index is 2.99. The lowest BCUT2D eigenvalue weighted by molar-refractivity contribution is -0.137. The third-order valence-electron chi connectivity index (χ3n) is 2.61. The first-order valence-electron chi connectivity index (χ1n) is 5.43. The summed E-state index contributed by atoms with van der Waals surface area (Å²) in [5.41, 5.74) is -0.557. The van der Waals surface area contributed by atoms with Crippen molar-refractivity contribution < 1.29 is 18.0 Å². The molecule has 0 saturated heterocycles. The summed E-state index contributed by atoms with van der Waals surface area (Å²) in [6.45, 7) is 3.58. The van der Waals surface area contributed by atoms with E-state index in [1.165, 1.54) is 6.07 Å². The first-order chi connectivity index (χ1) is 8.25. The van der Waals surface area contributed by atoms with Crippen molar-refractivity contribution in [3.63, 3.8) is 0 Å². The van der Waals surface area contributed by atoms with Crippen molar-refractivity contribution in [1.29, 1.82) is 0 Å². The summed E-state index contributed by atoms with van der Waals surface area (Å²) in [6, 6.07) is 3.30. The van der Waals surface area contributed by atoms with Crippen LogP contribution in [0.1, 0.15) is 25.8 Å². The Morgan fingerprint density at radius 1 is 1.44 bits per heavy atom. The second-order valence-electron chi connectivity index (χ2n) is 3.99. The Kier molecular flexibility index (Phi) is 5.01. The van der Waals surface area contributed by atoms with E-state index in [1.807, 2.05) is 29.5 Å². The van der Waals surface area contributed by atoms with Gasteiger partial charge in [0.25, 0.3) is 0 Å². The molecule has 100 valence electrons. The highest BCUT2D eigenvalue weighted by Gasteiger charge is 2.31. The number of benzene rings is 1. The average molecular weight is 371 g/mol. The lowest BCUT2D eigenvalue weighted by atomic mass is 10.1. The molecule has 2 nitrogen and oxygen atoms in total. The quantitative estimate of drug-likeness (QED) is 0.789. The number of carbonyl (C=O) groups excluding carboxylic acids is 1. The standard InChI is InChI=1S/C12H13F3INO/c1-3-7(2)11(18)17-10-6-8(12(13,14)15)4-5-9(10)16/h4-7H,3H2,1-2H3,(H,17,18). The predicted molar refractivity (Wildman–Crippen MR) is 72.2 cm³/mol. The van der Waals surface area contributed by atoms with Crippen molar-refractivity contribution in [2.24, 2.45) is 5.92 Å². The van der Waals surface area contributed by atoms with Gasteiger partial charge in [0.15, 0.2) is 0 Å². The summed E-state index contributed by atoms with van der Waals surface area (Å²) in [5.74, 6) is -0.495. The molecule has 0 aliphatic heterocycles. The van der Waals surface area contributed by atoms with Crippen LogP contribution >= 0.6 is 22.6 Å². The minimum atomic E-state index is -4.40. The fraction of sp³-hybridized carbons (Fsp3) is 0.417. The topological polar surface area (TPSA) is 29.1 Å². The maximum Gasteiger partial charge on any atom is 0.416 e. The molecule has 0 heterocycles. The second kappa shape index (κ2) is 5.90. The predicted octanol–water partition coefficient (Wildman–Crippen LogP) is 4.29. The van der Waals surface area contributed by atoms with Gasteiger partial charge in [-0.05, 0) is 47.2 Å². The molecule has 0 saturated carbocycles. The highest BCUT2D eigenvalue weighted by molar-refractivity contribution is 14.1. The third kappa shape index (κ3) is 3.86. The highest BCUT2D eigenvalue weighted by atomic mass is 127. The van der Waals surface area contributed by atoms with E-state index >= 15 is 0 Å². The van der Waals surface area contributed by atoms with E-state index in [-0.39, 0.29) is 17.5 Å². The minimum absolute atomic E-state index is 0.204. The van der Waals surface area contributed by atoms with Gasteiger partial charge in [0.05, 0.1) is 11.3 Å². The van der Waals surface area contributed by atoms with E-state index < -0.39 is 11.7 Å². The molecular weight excluding hydrogens is 358 g/mol. The molecule has 6 heteroatoms. The molecule has 0 aromatic heterocycles. The van der Waals surface area contributed by atoms with Gasteiger partial charge in [-0.25, -0.2) is 0 Å². The summed E-state index contributed by atoms with van der Waals surface area (Å²) >= 11 is 1.89. The Morgan fingerprint density at radius 3 is 2.56 bits per heavy atom. The van der Waals surface area contributed by atoms with Crippen LogP contribution in [0.3, 0.4) is 0 Å². The zero-order chi connectivity index (χ0) is 13.9. The number of nitrogens with one attached hydrogen (secondary N) is 1. The molecule has 0 bridgehead atoms. The van der Waals surface area contributed by atoms with Gasteiger partial charge in [-0.15, -0.1) is 0 Å². The van der Waals surface area contributed by atoms with Crippen LogP contribution in [0, 0.1) is 9.49 Å². The normalized spacial score (nSPS) is 13.2. The van der Waals surface area contributed by atoms with E-state index in [0.717, 1.165) is 12.1 Å². The Hall–Kier alpha value is -0.790.